The lowest BCUT2D eigenvalue weighted by atomic mass is 10.1. The Bertz CT molecular complexity index is 1240. The topological polar surface area (TPSA) is 305 Å². The molecular formula is C40H78N10O9. The first kappa shape index (κ1) is 61.1. The number of likely N-dealkylation sites (tertiary alicyclic amines) is 1. The maximum Gasteiger partial charge on any atom is 0.219 e. The standard InChI is InChI=1S/C10H14N2O.C8H18N2O.C7H11NO2.C6H13NO3.C5H12N2O.C4H10N2O/c1-8(13)12-7-10-4-2-9(6-11)3-5-10;1-8(11)10-7-5-3-2-4-6-9;1-6(9)8-4-2-7(10)3-5-8;1-5(8)7-4-6(9-2)10-3;1-5(8)7-4-2-3-6;1-4(7)6-3-2-5/h2-5H,6-7,11H2,1H3,(H,12,13);2-7,9H2,1H3,(H,10,11);2-5H2,1H3;6H,4H2,1-3H3,(H,7,8);2-4,6H2,1H3,(H,7,8);2-3,5H2,1H3,(H,6,7). The molecule has 1 fully saturated rings. The van der Waals surface area contributed by atoms with Gasteiger partial charge in [-0.2, -0.15) is 0 Å². The Balaban J connectivity index is -0.000000311. The van der Waals surface area contributed by atoms with Crippen molar-refractivity contribution >= 4 is 41.2 Å². The molecule has 0 atom stereocenters. The number of rotatable bonds is 18. The minimum Gasteiger partial charge on any atom is -0.356 e. The van der Waals surface area contributed by atoms with Crippen LogP contribution in [0.15, 0.2) is 24.3 Å². The predicted octanol–water partition coefficient (Wildman–Crippen LogP) is -0.0853. The van der Waals surface area contributed by atoms with Gasteiger partial charge in [-0.05, 0) is 43.5 Å². The summed E-state index contributed by atoms with van der Waals surface area (Å²) in [4.78, 5) is 74.7. The second-order valence-corrected chi connectivity index (χ2v) is 12.9. The van der Waals surface area contributed by atoms with E-state index in [0.717, 1.165) is 49.9 Å². The molecule has 0 aromatic heterocycles. The first-order chi connectivity index (χ1) is 27.9. The van der Waals surface area contributed by atoms with Crippen LogP contribution in [0.3, 0.4) is 0 Å². The molecule has 19 nitrogen and oxygen atoms in total. The molecule has 1 aromatic rings. The lowest BCUT2D eigenvalue weighted by molar-refractivity contribution is -0.132. The largest absolute Gasteiger partial charge is 0.356 e. The van der Waals surface area contributed by atoms with Crippen molar-refractivity contribution in [3.8, 4) is 0 Å². The number of nitrogens with two attached hydrogens (primary N) is 4. The van der Waals surface area contributed by atoms with Gasteiger partial charge in [0.1, 0.15) is 5.78 Å². The molecule has 2 rings (SSSR count). The highest BCUT2D eigenvalue weighted by atomic mass is 16.7. The van der Waals surface area contributed by atoms with E-state index in [4.69, 9.17) is 32.4 Å². The molecule has 0 aliphatic carbocycles. The van der Waals surface area contributed by atoms with Crippen LogP contribution < -0.4 is 49.5 Å². The number of amides is 6. The number of benzene rings is 1. The van der Waals surface area contributed by atoms with Crippen molar-refractivity contribution < 1.29 is 43.0 Å². The number of ether oxygens (including phenoxy) is 2. The minimum absolute atomic E-state index is 0.0112. The summed E-state index contributed by atoms with van der Waals surface area (Å²) in [6.07, 6.45) is 6.11. The Hall–Kier alpha value is -4.53. The van der Waals surface area contributed by atoms with Crippen LogP contribution in [0.2, 0.25) is 0 Å². The Morgan fingerprint density at radius 1 is 0.576 bits per heavy atom. The van der Waals surface area contributed by atoms with E-state index in [2.05, 4.69) is 26.6 Å². The van der Waals surface area contributed by atoms with Crippen molar-refractivity contribution in [2.75, 3.05) is 73.1 Å². The van der Waals surface area contributed by atoms with Crippen molar-refractivity contribution in [2.24, 2.45) is 22.9 Å². The molecule has 1 aromatic carbocycles. The number of hydrogen-bond donors (Lipinski definition) is 9. The summed E-state index contributed by atoms with van der Waals surface area (Å²) in [5, 5.41) is 13.2. The third-order valence-electron chi connectivity index (χ3n) is 7.39. The lowest BCUT2D eigenvalue weighted by Gasteiger charge is -2.24. The van der Waals surface area contributed by atoms with E-state index in [1.807, 2.05) is 24.3 Å². The molecule has 1 heterocycles. The second kappa shape index (κ2) is 44.6. The SMILES string of the molecule is CC(=O)N1CCC(=O)CC1.CC(=O)NCCCCCCN.CC(=O)NCCCN.CC(=O)NCCN.CC(=O)NCc1ccc(CN)cc1.COC(CNC(C)=O)OC. The van der Waals surface area contributed by atoms with E-state index in [0.29, 0.717) is 71.7 Å². The monoisotopic (exact) mass is 843 g/mol. The molecule has 0 saturated carbocycles. The highest BCUT2D eigenvalue weighted by Crippen LogP contribution is 2.05. The number of piperidine rings is 1. The van der Waals surface area contributed by atoms with Gasteiger partial charge in [0.15, 0.2) is 6.29 Å². The zero-order valence-electron chi connectivity index (χ0n) is 37.0. The zero-order valence-corrected chi connectivity index (χ0v) is 37.0. The molecule has 1 saturated heterocycles. The molecule has 1 aliphatic heterocycles. The fourth-order valence-corrected chi connectivity index (χ4v) is 4.08. The summed E-state index contributed by atoms with van der Waals surface area (Å²) in [7, 11) is 3.05. The Kier molecular flexibility index (Phi) is 46.2. The predicted molar refractivity (Wildman–Crippen MR) is 231 cm³/mol. The number of hydrogen-bond acceptors (Lipinski definition) is 13. The maximum atomic E-state index is 10.7. The molecule has 0 unspecified atom stereocenters. The third kappa shape index (κ3) is 51.5. The van der Waals surface area contributed by atoms with Gasteiger partial charge in [0.2, 0.25) is 35.4 Å². The van der Waals surface area contributed by atoms with Crippen LogP contribution in [0.25, 0.3) is 0 Å². The average Bonchev–Trinajstić information content (AvgIpc) is 3.19. The highest BCUT2D eigenvalue weighted by Gasteiger charge is 2.17. The van der Waals surface area contributed by atoms with Gasteiger partial charge in [0, 0.05) is 121 Å². The number of methoxy groups -OCH3 is 2. The Morgan fingerprint density at radius 2 is 1.00 bits per heavy atom. The normalized spacial score (nSPS) is 11.1. The van der Waals surface area contributed by atoms with Crippen LogP contribution in [0.1, 0.15) is 97.6 Å². The summed E-state index contributed by atoms with van der Waals surface area (Å²) < 4.78 is 9.63. The van der Waals surface area contributed by atoms with E-state index < -0.39 is 0 Å². The second-order valence-electron chi connectivity index (χ2n) is 12.9. The number of carbonyl (C=O) groups is 7. The molecule has 13 N–H and O–H groups in total. The van der Waals surface area contributed by atoms with E-state index in [1.54, 1.807) is 11.8 Å². The van der Waals surface area contributed by atoms with E-state index in [1.165, 1.54) is 55.3 Å². The summed E-state index contributed by atoms with van der Waals surface area (Å²) >= 11 is 0. The maximum absolute atomic E-state index is 10.7. The summed E-state index contributed by atoms with van der Waals surface area (Å²) in [6, 6.07) is 7.88. The number of ketones is 1. The summed E-state index contributed by atoms with van der Waals surface area (Å²) in [6.45, 7) is 15.8. The van der Waals surface area contributed by atoms with Crippen LogP contribution in [0, 0.1) is 0 Å². The zero-order chi connectivity index (χ0) is 45.9. The van der Waals surface area contributed by atoms with Gasteiger partial charge in [-0.15, -0.1) is 0 Å². The van der Waals surface area contributed by atoms with Crippen LogP contribution in [0.4, 0.5) is 0 Å². The van der Waals surface area contributed by atoms with Gasteiger partial charge in [-0.25, -0.2) is 0 Å². The first-order valence-electron chi connectivity index (χ1n) is 19.9. The molecular weight excluding hydrogens is 765 g/mol. The number of unbranched alkanes of at least 4 members (excludes halogenated alkanes) is 3. The van der Waals surface area contributed by atoms with Crippen molar-refractivity contribution in [3.05, 3.63) is 35.4 Å². The van der Waals surface area contributed by atoms with E-state index in [9.17, 15) is 33.6 Å². The van der Waals surface area contributed by atoms with Gasteiger partial charge < -0.3 is 63.9 Å². The number of nitrogens with one attached hydrogen (secondary N) is 5. The van der Waals surface area contributed by atoms with Crippen molar-refractivity contribution in [1.82, 2.24) is 31.5 Å². The van der Waals surface area contributed by atoms with Gasteiger partial charge >= 0.3 is 0 Å². The van der Waals surface area contributed by atoms with Crippen LogP contribution in [-0.2, 0) is 56.1 Å². The quantitative estimate of drug-likeness (QED) is 0.0691. The van der Waals surface area contributed by atoms with Gasteiger partial charge in [0.05, 0.1) is 6.54 Å². The molecule has 19 heteroatoms. The number of nitrogens with zero attached hydrogens (tertiary/aromatic N) is 1. The molecule has 0 radical (unpaired) electrons. The lowest BCUT2D eigenvalue weighted by Crippen LogP contribution is -2.36. The number of Topliss-reactive ketones (excluding diaryl/α,β-unsaturated/α-hetero) is 1. The average molecular weight is 843 g/mol. The highest BCUT2D eigenvalue weighted by molar-refractivity contribution is 5.82. The first-order valence-corrected chi connectivity index (χ1v) is 19.9. The molecule has 0 spiro atoms. The summed E-state index contributed by atoms with van der Waals surface area (Å²) in [5.74, 6) is 0.305. The van der Waals surface area contributed by atoms with Gasteiger partial charge in [-0.3, -0.25) is 33.6 Å². The minimum atomic E-state index is -0.344. The molecule has 1 aliphatic rings. The van der Waals surface area contributed by atoms with Crippen molar-refractivity contribution in [3.63, 3.8) is 0 Å². The fourth-order valence-electron chi connectivity index (χ4n) is 4.08. The third-order valence-corrected chi connectivity index (χ3v) is 7.39. The van der Waals surface area contributed by atoms with Crippen LogP contribution in [0.5, 0.6) is 0 Å². The van der Waals surface area contributed by atoms with Crippen LogP contribution in [-0.4, -0.2) is 126 Å². The molecule has 342 valence electrons. The van der Waals surface area contributed by atoms with Crippen LogP contribution >= 0.6 is 0 Å². The van der Waals surface area contributed by atoms with Gasteiger partial charge in [-0.1, -0.05) is 37.1 Å². The van der Waals surface area contributed by atoms with Crippen molar-refractivity contribution in [2.45, 2.75) is 106 Å². The molecule has 0 bridgehead atoms. The molecule has 6 amide bonds. The van der Waals surface area contributed by atoms with Gasteiger partial charge in [0.25, 0.3) is 0 Å². The van der Waals surface area contributed by atoms with E-state index in [-0.39, 0.29) is 47.5 Å². The summed E-state index contributed by atoms with van der Waals surface area (Å²) in [5.41, 5.74) is 23.2. The molecule has 59 heavy (non-hydrogen) atoms. The Labute approximate surface area is 352 Å². The Morgan fingerprint density at radius 3 is 1.37 bits per heavy atom. The van der Waals surface area contributed by atoms with Crippen molar-refractivity contribution in [1.29, 1.82) is 0 Å². The van der Waals surface area contributed by atoms with E-state index >= 15 is 0 Å². The smallest absolute Gasteiger partial charge is 0.219 e. The fraction of sp³-hybridized carbons (Fsp3) is 0.675. The number of carbonyl (C=O) groups excluding carboxylic acids is 7.